The van der Waals surface area contributed by atoms with Crippen molar-refractivity contribution in [1.82, 2.24) is 0 Å². The summed E-state index contributed by atoms with van der Waals surface area (Å²) in [5, 5.41) is 8.40. The first kappa shape index (κ1) is 31.2. The van der Waals surface area contributed by atoms with Gasteiger partial charge in [-0.15, -0.1) is 0 Å². The summed E-state index contributed by atoms with van der Waals surface area (Å²) in [6, 6.07) is 0. The highest BCUT2D eigenvalue weighted by Crippen LogP contribution is 2.10. The lowest BCUT2D eigenvalue weighted by atomic mass is 10.1. The Kier molecular flexibility index (Phi) is 27.6. The fourth-order valence-electron chi connectivity index (χ4n) is 2.95. The van der Waals surface area contributed by atoms with Crippen LogP contribution in [0.1, 0.15) is 71.1 Å². The van der Waals surface area contributed by atoms with Crippen LogP contribution in [-0.4, -0.2) is 90.4 Å². The molecule has 0 saturated carbocycles. The third-order valence-electron chi connectivity index (χ3n) is 4.73. The number of hydrogen-bond acceptors (Lipinski definition) is 7. The number of rotatable bonds is 28. The van der Waals surface area contributed by atoms with Crippen LogP contribution in [0.4, 0.5) is 0 Å². The first-order valence-corrected chi connectivity index (χ1v) is 12.5. The molecule has 0 aromatic carbocycles. The Hall–Kier alpha value is -0.770. The Morgan fingerprint density at radius 1 is 0.469 bits per heavy atom. The second-order valence-corrected chi connectivity index (χ2v) is 7.69. The van der Waals surface area contributed by atoms with E-state index in [1.54, 1.807) is 0 Å². The number of ether oxygens (including phenoxy) is 6. The summed E-state index contributed by atoms with van der Waals surface area (Å²) < 4.78 is 32.0. The van der Waals surface area contributed by atoms with Gasteiger partial charge >= 0.3 is 5.97 Å². The average molecular weight is 465 g/mol. The van der Waals surface area contributed by atoms with Gasteiger partial charge in [-0.2, -0.15) is 0 Å². The normalized spacial score (nSPS) is 11.3. The van der Waals surface area contributed by atoms with Crippen LogP contribution in [0.25, 0.3) is 0 Å². The standard InChI is InChI=1S/C24H48O8/c1-2-3-4-5-6-7-8-9-10-11-12-27-13-14-28-15-16-29-17-18-30-19-20-31-21-22-32-23-24(25)26/h2-23H2,1H3,(H,25,26). The molecule has 0 atom stereocenters. The van der Waals surface area contributed by atoms with Gasteiger partial charge < -0.3 is 33.5 Å². The van der Waals surface area contributed by atoms with E-state index in [1.807, 2.05) is 0 Å². The molecule has 32 heavy (non-hydrogen) atoms. The zero-order valence-corrected chi connectivity index (χ0v) is 20.4. The second-order valence-electron chi connectivity index (χ2n) is 7.69. The molecule has 0 rings (SSSR count). The first-order chi connectivity index (χ1) is 15.8. The summed E-state index contributed by atoms with van der Waals surface area (Å²) in [6.45, 7) is 7.67. The number of carboxylic acids is 1. The fraction of sp³-hybridized carbons (Fsp3) is 0.958. The summed E-state index contributed by atoms with van der Waals surface area (Å²) >= 11 is 0. The molecule has 0 saturated heterocycles. The number of unbranched alkanes of at least 4 members (excludes halogenated alkanes) is 9. The van der Waals surface area contributed by atoms with E-state index in [0.29, 0.717) is 59.5 Å². The maximum Gasteiger partial charge on any atom is 0.329 e. The summed E-state index contributed by atoms with van der Waals surface area (Å²) in [6.07, 6.45) is 13.4. The van der Waals surface area contributed by atoms with E-state index in [4.69, 9.17) is 33.5 Å². The topological polar surface area (TPSA) is 92.7 Å². The van der Waals surface area contributed by atoms with Gasteiger partial charge in [-0.3, -0.25) is 0 Å². The van der Waals surface area contributed by atoms with Gasteiger partial charge in [-0.25, -0.2) is 4.79 Å². The Balaban J connectivity index is 3.00. The molecular formula is C24H48O8. The molecule has 0 aliphatic carbocycles. The van der Waals surface area contributed by atoms with Crippen molar-refractivity contribution in [2.75, 3.05) is 79.3 Å². The minimum atomic E-state index is -0.980. The van der Waals surface area contributed by atoms with Crippen molar-refractivity contribution in [3.63, 3.8) is 0 Å². The van der Waals surface area contributed by atoms with Crippen molar-refractivity contribution in [2.24, 2.45) is 0 Å². The van der Waals surface area contributed by atoms with Gasteiger partial charge in [0.25, 0.3) is 0 Å². The van der Waals surface area contributed by atoms with Gasteiger partial charge in [-0.05, 0) is 6.42 Å². The molecule has 1 N–H and O–H groups in total. The lowest BCUT2D eigenvalue weighted by Crippen LogP contribution is -2.15. The molecule has 8 nitrogen and oxygen atoms in total. The van der Waals surface area contributed by atoms with Crippen molar-refractivity contribution >= 4 is 5.97 Å². The minimum absolute atomic E-state index is 0.264. The highest BCUT2D eigenvalue weighted by molar-refractivity contribution is 5.67. The molecule has 0 aromatic heterocycles. The summed E-state index contributed by atoms with van der Waals surface area (Å²) in [5.41, 5.74) is 0. The molecule has 8 heteroatoms. The van der Waals surface area contributed by atoms with Crippen molar-refractivity contribution in [3.8, 4) is 0 Å². The van der Waals surface area contributed by atoms with Crippen LogP contribution < -0.4 is 0 Å². The van der Waals surface area contributed by atoms with Gasteiger partial charge in [0, 0.05) is 6.61 Å². The quantitative estimate of drug-likeness (QED) is 0.173. The van der Waals surface area contributed by atoms with E-state index >= 15 is 0 Å². The zero-order chi connectivity index (χ0) is 23.4. The highest BCUT2D eigenvalue weighted by Gasteiger charge is 1.97. The van der Waals surface area contributed by atoms with Crippen molar-refractivity contribution in [3.05, 3.63) is 0 Å². The van der Waals surface area contributed by atoms with Crippen LogP contribution in [0.3, 0.4) is 0 Å². The summed E-state index contributed by atoms with van der Waals surface area (Å²) in [5.74, 6) is -0.980. The van der Waals surface area contributed by atoms with E-state index in [0.717, 1.165) is 13.0 Å². The van der Waals surface area contributed by atoms with Gasteiger partial charge in [0.2, 0.25) is 0 Å². The molecule has 0 heterocycles. The molecule has 0 radical (unpaired) electrons. The van der Waals surface area contributed by atoms with Crippen LogP contribution in [0, 0.1) is 0 Å². The van der Waals surface area contributed by atoms with E-state index < -0.39 is 5.97 Å². The molecule has 0 spiro atoms. The third kappa shape index (κ3) is 29.2. The maximum absolute atomic E-state index is 10.2. The molecular weight excluding hydrogens is 416 g/mol. The van der Waals surface area contributed by atoms with Gasteiger partial charge in [-0.1, -0.05) is 64.7 Å². The van der Waals surface area contributed by atoms with Crippen LogP contribution in [0.15, 0.2) is 0 Å². The Bertz CT molecular complexity index is 368. The fourth-order valence-corrected chi connectivity index (χ4v) is 2.95. The summed E-state index contributed by atoms with van der Waals surface area (Å²) in [7, 11) is 0. The second kappa shape index (κ2) is 28.3. The monoisotopic (exact) mass is 464 g/mol. The Morgan fingerprint density at radius 2 is 0.781 bits per heavy atom. The zero-order valence-electron chi connectivity index (χ0n) is 20.4. The van der Waals surface area contributed by atoms with Crippen LogP contribution in [0.5, 0.6) is 0 Å². The average Bonchev–Trinajstić information content (AvgIpc) is 2.78. The smallest absolute Gasteiger partial charge is 0.329 e. The number of carboxylic acid groups (broad SMARTS) is 1. The Morgan fingerprint density at radius 3 is 1.16 bits per heavy atom. The predicted molar refractivity (Wildman–Crippen MR) is 124 cm³/mol. The number of hydrogen-bond donors (Lipinski definition) is 1. The summed E-state index contributed by atoms with van der Waals surface area (Å²) in [4.78, 5) is 10.2. The van der Waals surface area contributed by atoms with Gasteiger partial charge in [0.05, 0.1) is 66.1 Å². The van der Waals surface area contributed by atoms with Crippen LogP contribution in [-0.2, 0) is 33.2 Å². The molecule has 0 aliphatic rings. The molecule has 0 bridgehead atoms. The SMILES string of the molecule is CCCCCCCCCCCCOCCOCCOCCOCCOCCOCC(=O)O. The van der Waals surface area contributed by atoms with Crippen molar-refractivity contribution in [2.45, 2.75) is 71.1 Å². The van der Waals surface area contributed by atoms with E-state index in [2.05, 4.69) is 6.92 Å². The molecule has 0 aromatic rings. The lowest BCUT2D eigenvalue weighted by molar-refractivity contribution is -0.142. The minimum Gasteiger partial charge on any atom is -0.480 e. The molecule has 0 aliphatic heterocycles. The van der Waals surface area contributed by atoms with Gasteiger partial charge in [0.15, 0.2) is 0 Å². The first-order valence-electron chi connectivity index (χ1n) is 12.5. The van der Waals surface area contributed by atoms with E-state index in [1.165, 1.54) is 57.8 Å². The molecule has 0 amide bonds. The Labute approximate surface area is 195 Å². The molecule has 0 fully saturated rings. The van der Waals surface area contributed by atoms with E-state index in [-0.39, 0.29) is 13.2 Å². The largest absolute Gasteiger partial charge is 0.480 e. The van der Waals surface area contributed by atoms with Crippen LogP contribution in [0.2, 0.25) is 0 Å². The van der Waals surface area contributed by atoms with Crippen LogP contribution >= 0.6 is 0 Å². The maximum atomic E-state index is 10.2. The van der Waals surface area contributed by atoms with E-state index in [9.17, 15) is 4.79 Å². The lowest BCUT2D eigenvalue weighted by Gasteiger charge is -2.08. The molecule has 192 valence electrons. The number of aliphatic carboxylic acids is 1. The van der Waals surface area contributed by atoms with Crippen molar-refractivity contribution in [1.29, 1.82) is 0 Å². The third-order valence-corrected chi connectivity index (χ3v) is 4.73. The van der Waals surface area contributed by atoms with Gasteiger partial charge in [0.1, 0.15) is 6.61 Å². The van der Waals surface area contributed by atoms with Crippen molar-refractivity contribution < 1.29 is 38.3 Å². The number of carbonyl (C=O) groups is 1. The predicted octanol–water partition coefficient (Wildman–Crippen LogP) is 4.09. The molecule has 0 unspecified atom stereocenters. The highest BCUT2D eigenvalue weighted by atomic mass is 16.6.